The van der Waals surface area contributed by atoms with Crippen LogP contribution in [0, 0.1) is 40.4 Å². The van der Waals surface area contributed by atoms with Gasteiger partial charge >= 0.3 is 5.97 Å². The fourth-order valence-corrected chi connectivity index (χ4v) is 9.34. The predicted octanol–water partition coefficient (Wildman–Crippen LogP) is 6.33. The molecule has 0 aromatic carbocycles. The van der Waals surface area contributed by atoms with E-state index in [-0.39, 0.29) is 23.4 Å². The van der Waals surface area contributed by atoms with E-state index in [1.165, 1.54) is 43.9 Å². The smallest absolute Gasteiger partial charge is 0.302 e. The third-order valence-corrected chi connectivity index (χ3v) is 11.2. The van der Waals surface area contributed by atoms with Crippen LogP contribution in [0.15, 0.2) is 23.0 Å². The van der Waals surface area contributed by atoms with E-state index in [1.807, 2.05) is 0 Å². The van der Waals surface area contributed by atoms with Gasteiger partial charge in [0.15, 0.2) is 0 Å². The minimum Gasteiger partial charge on any atom is -0.494 e. The summed E-state index contributed by atoms with van der Waals surface area (Å²) < 4.78 is 12.3. The first-order valence-corrected chi connectivity index (χ1v) is 14.5. The minimum absolute atomic E-state index is 0.0504. The quantitative estimate of drug-likeness (QED) is 0.344. The molecular formula is C31H47NO4. The van der Waals surface area contributed by atoms with E-state index in [0.717, 1.165) is 56.4 Å². The van der Waals surface area contributed by atoms with E-state index in [9.17, 15) is 9.59 Å². The van der Waals surface area contributed by atoms with Crippen molar-refractivity contribution < 1.29 is 19.1 Å². The molecule has 1 amide bonds. The average molecular weight is 498 g/mol. The molecule has 5 heteroatoms. The summed E-state index contributed by atoms with van der Waals surface area (Å²) in [7, 11) is 0. The van der Waals surface area contributed by atoms with Gasteiger partial charge in [-0.05, 0) is 91.9 Å². The molecule has 1 heterocycles. The molecule has 200 valence electrons. The van der Waals surface area contributed by atoms with Gasteiger partial charge in [-0.1, -0.05) is 32.4 Å². The van der Waals surface area contributed by atoms with Gasteiger partial charge in [0.05, 0.1) is 5.76 Å². The molecule has 5 nitrogen and oxygen atoms in total. The van der Waals surface area contributed by atoms with Gasteiger partial charge in [-0.2, -0.15) is 0 Å². The molecule has 1 aliphatic heterocycles. The number of amides is 1. The lowest BCUT2D eigenvalue weighted by molar-refractivity contribution is -0.148. The Kier molecular flexibility index (Phi) is 6.83. The third kappa shape index (κ3) is 4.32. The molecule has 0 spiro atoms. The minimum atomic E-state index is -0.145. The standard InChI is InChI=1S/C31H47NO4/c1-18(17-32-20(3)33)7-10-27-19(2)29-28(36-27)16-26-24-9-8-22-15-23(35-21(4)34)11-13-30(22,5)25(24)12-14-31(26,29)6/h8,18,23-26,28-29H,7,9-17H2,1-6H3,(H,32,33)/t18-,23+,24-,25+,26+,28+,29+,30+,31+/m1/s1. The van der Waals surface area contributed by atoms with Crippen LogP contribution in [0.3, 0.4) is 0 Å². The second-order valence-corrected chi connectivity index (χ2v) is 13.3. The highest BCUT2D eigenvalue weighted by atomic mass is 16.5. The largest absolute Gasteiger partial charge is 0.494 e. The summed E-state index contributed by atoms with van der Waals surface area (Å²) in [5, 5.41) is 2.95. The summed E-state index contributed by atoms with van der Waals surface area (Å²) in [6, 6.07) is 0. The summed E-state index contributed by atoms with van der Waals surface area (Å²) in [6.07, 6.45) is 13.0. The summed E-state index contributed by atoms with van der Waals surface area (Å²) in [5.41, 5.74) is 3.66. The van der Waals surface area contributed by atoms with Crippen LogP contribution >= 0.6 is 0 Å². The molecule has 3 saturated carbocycles. The molecule has 0 aromatic heterocycles. The Balaban J connectivity index is 1.29. The molecule has 0 saturated heterocycles. The molecule has 5 rings (SSSR count). The topological polar surface area (TPSA) is 64.6 Å². The van der Waals surface area contributed by atoms with Crippen molar-refractivity contribution in [2.75, 3.05) is 6.54 Å². The third-order valence-electron chi connectivity index (χ3n) is 11.2. The van der Waals surface area contributed by atoms with Gasteiger partial charge in [-0.25, -0.2) is 0 Å². The van der Waals surface area contributed by atoms with E-state index < -0.39 is 0 Å². The summed E-state index contributed by atoms with van der Waals surface area (Å²) >= 11 is 0. The molecule has 36 heavy (non-hydrogen) atoms. The van der Waals surface area contributed by atoms with Crippen LogP contribution in [0.4, 0.5) is 0 Å². The van der Waals surface area contributed by atoms with Crippen LogP contribution < -0.4 is 5.32 Å². The van der Waals surface area contributed by atoms with Crippen molar-refractivity contribution in [3.63, 3.8) is 0 Å². The Morgan fingerprint density at radius 1 is 1.19 bits per heavy atom. The van der Waals surface area contributed by atoms with Gasteiger partial charge in [0, 0.05) is 39.2 Å². The zero-order valence-corrected chi connectivity index (χ0v) is 23.3. The lowest BCUT2D eigenvalue weighted by Gasteiger charge is -2.58. The Morgan fingerprint density at radius 3 is 2.69 bits per heavy atom. The lowest BCUT2D eigenvalue weighted by Crippen LogP contribution is -2.50. The van der Waals surface area contributed by atoms with Crippen LogP contribution in [0.1, 0.15) is 99.3 Å². The van der Waals surface area contributed by atoms with Crippen LogP contribution in [0.25, 0.3) is 0 Å². The van der Waals surface area contributed by atoms with Crippen molar-refractivity contribution in [3.05, 3.63) is 23.0 Å². The second kappa shape index (κ2) is 9.51. The van der Waals surface area contributed by atoms with E-state index in [1.54, 1.807) is 12.5 Å². The number of ether oxygens (including phenoxy) is 2. The van der Waals surface area contributed by atoms with E-state index in [2.05, 4.69) is 39.1 Å². The van der Waals surface area contributed by atoms with E-state index >= 15 is 0 Å². The van der Waals surface area contributed by atoms with E-state index in [4.69, 9.17) is 9.47 Å². The normalized spacial score (nSPS) is 41.8. The number of carbonyl (C=O) groups excluding carboxylic acids is 2. The first kappa shape index (κ1) is 25.9. The predicted molar refractivity (Wildman–Crippen MR) is 141 cm³/mol. The Hall–Kier alpha value is -1.78. The molecular weight excluding hydrogens is 450 g/mol. The molecule has 9 atom stereocenters. The summed E-state index contributed by atoms with van der Waals surface area (Å²) in [5.74, 6) is 4.37. The number of nitrogens with one attached hydrogen (secondary N) is 1. The number of hydrogen-bond donors (Lipinski definition) is 1. The van der Waals surface area contributed by atoms with Gasteiger partial charge in [0.2, 0.25) is 5.91 Å². The Morgan fingerprint density at radius 2 is 1.97 bits per heavy atom. The lowest BCUT2D eigenvalue weighted by atomic mass is 9.47. The van der Waals surface area contributed by atoms with Crippen molar-refractivity contribution in [2.24, 2.45) is 40.4 Å². The molecule has 0 unspecified atom stereocenters. The van der Waals surface area contributed by atoms with Gasteiger partial charge < -0.3 is 14.8 Å². The van der Waals surface area contributed by atoms with E-state index in [0.29, 0.717) is 23.4 Å². The number of fused-ring (bicyclic) bond motifs is 7. The zero-order chi connectivity index (χ0) is 25.8. The SMILES string of the molecule is CC(=O)NC[C@H](C)CCC1=C(C)[C@H]2[C@H](C[C@H]3[C@@H]4CC=C5C[C@@H](OC(C)=O)CC[C@]5(C)[C@H]4CC[C@@]32C)O1. The van der Waals surface area contributed by atoms with Crippen molar-refractivity contribution >= 4 is 11.9 Å². The average Bonchev–Trinajstić information content (AvgIpc) is 3.29. The zero-order valence-electron chi connectivity index (χ0n) is 23.3. The summed E-state index contributed by atoms with van der Waals surface area (Å²) in [4.78, 5) is 22.8. The number of esters is 1. The van der Waals surface area contributed by atoms with Gasteiger partial charge in [-0.3, -0.25) is 9.59 Å². The Bertz CT molecular complexity index is 968. The van der Waals surface area contributed by atoms with Crippen molar-refractivity contribution in [3.8, 4) is 0 Å². The first-order valence-electron chi connectivity index (χ1n) is 14.5. The monoisotopic (exact) mass is 497 g/mol. The first-order chi connectivity index (χ1) is 17.0. The van der Waals surface area contributed by atoms with Crippen molar-refractivity contribution in [1.29, 1.82) is 0 Å². The second-order valence-electron chi connectivity index (χ2n) is 13.3. The maximum absolute atomic E-state index is 11.5. The molecule has 5 aliphatic rings. The van der Waals surface area contributed by atoms with Crippen molar-refractivity contribution in [1.82, 2.24) is 5.32 Å². The van der Waals surface area contributed by atoms with Crippen molar-refractivity contribution in [2.45, 2.75) is 112 Å². The van der Waals surface area contributed by atoms with Crippen LogP contribution in [0.5, 0.6) is 0 Å². The Labute approximate surface area is 217 Å². The molecule has 0 radical (unpaired) electrons. The number of rotatable bonds is 6. The molecule has 3 fully saturated rings. The highest BCUT2D eigenvalue weighted by Crippen LogP contribution is 2.69. The maximum Gasteiger partial charge on any atom is 0.302 e. The van der Waals surface area contributed by atoms with Gasteiger partial charge in [-0.15, -0.1) is 0 Å². The maximum atomic E-state index is 11.5. The van der Waals surface area contributed by atoms with Crippen LogP contribution in [-0.4, -0.2) is 30.6 Å². The van der Waals surface area contributed by atoms with Crippen LogP contribution in [0.2, 0.25) is 0 Å². The highest BCUT2D eigenvalue weighted by Gasteiger charge is 2.63. The molecule has 4 aliphatic carbocycles. The molecule has 0 bridgehead atoms. The number of allylic oxidation sites excluding steroid dienone is 2. The number of carbonyl (C=O) groups is 2. The highest BCUT2D eigenvalue weighted by molar-refractivity contribution is 5.72. The number of hydrogen-bond acceptors (Lipinski definition) is 4. The molecule has 1 N–H and O–H groups in total. The van der Waals surface area contributed by atoms with Crippen LogP contribution in [-0.2, 0) is 19.1 Å². The summed E-state index contributed by atoms with van der Waals surface area (Å²) in [6.45, 7) is 13.5. The van der Waals surface area contributed by atoms with Gasteiger partial charge in [0.1, 0.15) is 12.2 Å². The fraction of sp³-hybridized carbons (Fsp3) is 0.806. The fourth-order valence-electron chi connectivity index (χ4n) is 9.34. The van der Waals surface area contributed by atoms with Gasteiger partial charge in [0.25, 0.3) is 0 Å². The molecule has 0 aromatic rings.